The zero-order valence-corrected chi connectivity index (χ0v) is 15.5. The number of sulfone groups is 1. The number of amides is 1. The average Bonchev–Trinajstić information content (AvgIpc) is 2.54. The van der Waals surface area contributed by atoms with E-state index in [1.807, 2.05) is 6.92 Å². The number of hydrogen-bond acceptors (Lipinski definition) is 4. The van der Waals surface area contributed by atoms with Crippen molar-refractivity contribution in [2.45, 2.75) is 69.6 Å². The second-order valence-electron chi connectivity index (χ2n) is 7.54. The molecule has 1 saturated carbocycles. The summed E-state index contributed by atoms with van der Waals surface area (Å²) >= 11 is 0. The lowest BCUT2D eigenvalue weighted by Crippen LogP contribution is -2.59. The molecule has 5 nitrogen and oxygen atoms in total. The van der Waals surface area contributed by atoms with E-state index < -0.39 is 14.6 Å². The zero-order chi connectivity index (χ0) is 17.1. The molecule has 2 rings (SSSR count). The molecular formula is C17H32N2O3S. The molecule has 2 fully saturated rings. The van der Waals surface area contributed by atoms with Crippen LogP contribution in [0, 0.1) is 11.8 Å². The van der Waals surface area contributed by atoms with Crippen molar-refractivity contribution in [3.63, 3.8) is 0 Å². The number of rotatable bonds is 5. The number of carbonyl (C=O) groups is 1. The van der Waals surface area contributed by atoms with Crippen LogP contribution >= 0.6 is 0 Å². The third-order valence-corrected chi connectivity index (χ3v) is 8.09. The van der Waals surface area contributed by atoms with Crippen LogP contribution in [0.1, 0.15) is 58.8 Å². The van der Waals surface area contributed by atoms with Gasteiger partial charge in [-0.1, -0.05) is 39.0 Å². The SMILES string of the molecule is CC(NC(=O)C1(S(C)(=O)=O)CCNCC1)C(C)C1CCCCC1. The van der Waals surface area contributed by atoms with Gasteiger partial charge in [-0.25, -0.2) is 8.42 Å². The maximum Gasteiger partial charge on any atom is 0.241 e. The molecule has 2 atom stereocenters. The lowest BCUT2D eigenvalue weighted by Gasteiger charge is -2.37. The van der Waals surface area contributed by atoms with Crippen molar-refractivity contribution in [3.8, 4) is 0 Å². The first-order valence-corrected chi connectivity index (χ1v) is 10.9. The van der Waals surface area contributed by atoms with E-state index >= 15 is 0 Å². The quantitative estimate of drug-likeness (QED) is 0.798. The van der Waals surface area contributed by atoms with Gasteiger partial charge in [-0.3, -0.25) is 4.79 Å². The highest BCUT2D eigenvalue weighted by molar-refractivity contribution is 7.92. The minimum Gasteiger partial charge on any atom is -0.352 e. The van der Waals surface area contributed by atoms with Crippen LogP contribution in [-0.4, -0.2) is 44.5 Å². The molecule has 0 aromatic carbocycles. The van der Waals surface area contributed by atoms with Gasteiger partial charge in [-0.05, 0) is 44.7 Å². The third-order valence-electron chi connectivity index (χ3n) is 6.08. The van der Waals surface area contributed by atoms with E-state index in [4.69, 9.17) is 0 Å². The zero-order valence-electron chi connectivity index (χ0n) is 14.7. The van der Waals surface area contributed by atoms with Crippen LogP contribution in [0.15, 0.2) is 0 Å². The topological polar surface area (TPSA) is 75.3 Å². The minimum absolute atomic E-state index is 0.0131. The van der Waals surface area contributed by atoms with Gasteiger partial charge >= 0.3 is 0 Å². The molecule has 2 unspecified atom stereocenters. The van der Waals surface area contributed by atoms with Gasteiger partial charge in [-0.2, -0.15) is 0 Å². The maximum absolute atomic E-state index is 12.8. The first kappa shape index (κ1) is 18.7. The van der Waals surface area contributed by atoms with E-state index in [0.29, 0.717) is 37.8 Å². The Bertz CT molecular complexity index is 506. The molecular weight excluding hydrogens is 312 g/mol. The molecule has 2 aliphatic rings. The Kier molecular flexibility index (Phi) is 6.11. The van der Waals surface area contributed by atoms with E-state index in [9.17, 15) is 13.2 Å². The second-order valence-corrected chi connectivity index (χ2v) is 9.86. The normalized spacial score (nSPS) is 25.5. The molecule has 1 aliphatic carbocycles. The summed E-state index contributed by atoms with van der Waals surface area (Å²) in [6.45, 7) is 5.37. The molecule has 1 amide bonds. The van der Waals surface area contributed by atoms with Crippen LogP contribution < -0.4 is 10.6 Å². The molecule has 1 heterocycles. The van der Waals surface area contributed by atoms with Gasteiger partial charge in [0.1, 0.15) is 0 Å². The highest BCUT2D eigenvalue weighted by Gasteiger charge is 2.49. The van der Waals surface area contributed by atoms with Crippen LogP contribution in [0.4, 0.5) is 0 Å². The van der Waals surface area contributed by atoms with E-state index in [1.165, 1.54) is 38.4 Å². The first-order valence-electron chi connectivity index (χ1n) is 8.99. The van der Waals surface area contributed by atoms with E-state index in [1.54, 1.807) is 0 Å². The molecule has 0 spiro atoms. The Hall–Kier alpha value is -0.620. The summed E-state index contributed by atoms with van der Waals surface area (Å²) in [4.78, 5) is 12.8. The van der Waals surface area contributed by atoms with Crippen LogP contribution in [0.3, 0.4) is 0 Å². The maximum atomic E-state index is 12.8. The largest absolute Gasteiger partial charge is 0.352 e. The van der Waals surface area contributed by atoms with Crippen LogP contribution in [0.2, 0.25) is 0 Å². The van der Waals surface area contributed by atoms with E-state index in [0.717, 1.165) is 0 Å². The molecule has 0 bridgehead atoms. The molecule has 134 valence electrons. The van der Waals surface area contributed by atoms with Gasteiger partial charge in [0.2, 0.25) is 5.91 Å². The molecule has 1 aliphatic heterocycles. The van der Waals surface area contributed by atoms with Crippen LogP contribution in [0.5, 0.6) is 0 Å². The summed E-state index contributed by atoms with van der Waals surface area (Å²) in [5.41, 5.74) is 0. The first-order chi connectivity index (χ1) is 10.8. The fourth-order valence-corrected chi connectivity index (χ4v) is 5.48. The number of carbonyl (C=O) groups excluding carboxylic acids is 1. The van der Waals surface area contributed by atoms with Crippen molar-refractivity contribution >= 4 is 15.7 Å². The molecule has 0 radical (unpaired) electrons. The van der Waals surface area contributed by atoms with Crippen molar-refractivity contribution in [1.82, 2.24) is 10.6 Å². The Morgan fingerprint density at radius 2 is 1.70 bits per heavy atom. The Labute approximate surface area is 140 Å². The van der Waals surface area contributed by atoms with Crippen LogP contribution in [0.25, 0.3) is 0 Å². The summed E-state index contributed by atoms with van der Waals surface area (Å²) in [6, 6.07) is 0.0131. The second kappa shape index (κ2) is 7.51. The van der Waals surface area contributed by atoms with Crippen molar-refractivity contribution in [2.24, 2.45) is 11.8 Å². The fraction of sp³-hybridized carbons (Fsp3) is 0.941. The number of piperidine rings is 1. The van der Waals surface area contributed by atoms with E-state index in [-0.39, 0.29) is 11.9 Å². The van der Waals surface area contributed by atoms with E-state index in [2.05, 4.69) is 17.6 Å². The molecule has 1 saturated heterocycles. The van der Waals surface area contributed by atoms with Gasteiger partial charge in [0, 0.05) is 12.3 Å². The van der Waals surface area contributed by atoms with Gasteiger partial charge in [-0.15, -0.1) is 0 Å². The van der Waals surface area contributed by atoms with Gasteiger partial charge in [0.25, 0.3) is 0 Å². The monoisotopic (exact) mass is 344 g/mol. The van der Waals surface area contributed by atoms with Gasteiger partial charge in [0.05, 0.1) is 0 Å². The van der Waals surface area contributed by atoms with Crippen molar-refractivity contribution in [1.29, 1.82) is 0 Å². The smallest absolute Gasteiger partial charge is 0.241 e. The minimum atomic E-state index is -3.43. The summed E-state index contributed by atoms with van der Waals surface area (Å²) in [6.07, 6.45) is 8.24. The lowest BCUT2D eigenvalue weighted by molar-refractivity contribution is -0.125. The molecule has 23 heavy (non-hydrogen) atoms. The number of nitrogens with one attached hydrogen (secondary N) is 2. The Morgan fingerprint density at radius 1 is 1.13 bits per heavy atom. The third kappa shape index (κ3) is 4.08. The lowest BCUT2D eigenvalue weighted by atomic mass is 9.78. The Balaban J connectivity index is 2.06. The van der Waals surface area contributed by atoms with Gasteiger partial charge < -0.3 is 10.6 Å². The number of hydrogen-bond donors (Lipinski definition) is 2. The van der Waals surface area contributed by atoms with Gasteiger partial charge in [0.15, 0.2) is 14.6 Å². The summed E-state index contributed by atoms with van der Waals surface area (Å²) in [5, 5.41) is 6.20. The fourth-order valence-electron chi connectivity index (χ4n) is 4.13. The molecule has 0 aromatic heterocycles. The van der Waals surface area contributed by atoms with Crippen molar-refractivity contribution in [3.05, 3.63) is 0 Å². The summed E-state index contributed by atoms with van der Waals surface area (Å²) in [7, 11) is -3.43. The highest BCUT2D eigenvalue weighted by Crippen LogP contribution is 2.33. The highest BCUT2D eigenvalue weighted by atomic mass is 32.2. The summed E-state index contributed by atoms with van der Waals surface area (Å²) in [5.74, 6) is 0.732. The average molecular weight is 345 g/mol. The van der Waals surface area contributed by atoms with Crippen molar-refractivity contribution < 1.29 is 13.2 Å². The van der Waals surface area contributed by atoms with Crippen LogP contribution in [-0.2, 0) is 14.6 Å². The summed E-state index contributed by atoms with van der Waals surface area (Å²) < 4.78 is 23.4. The predicted molar refractivity (Wildman–Crippen MR) is 93.0 cm³/mol. The molecule has 0 aromatic rings. The molecule has 6 heteroatoms. The Morgan fingerprint density at radius 3 is 2.22 bits per heavy atom. The standard InChI is InChI=1S/C17H32N2O3S/c1-13(15-7-5-4-6-8-15)14(2)19-16(20)17(23(3,21)22)9-11-18-12-10-17/h13-15,18H,4-12H2,1-3H3,(H,19,20). The van der Waals surface area contributed by atoms with Crippen molar-refractivity contribution in [2.75, 3.05) is 19.3 Å². The molecule has 2 N–H and O–H groups in total. The predicted octanol–water partition coefficient (Wildman–Crippen LogP) is 1.87.